The molecule has 0 amide bonds. The van der Waals surface area contributed by atoms with E-state index in [4.69, 9.17) is 0 Å². The molecule has 0 bridgehead atoms. The minimum atomic E-state index is 0.124. The third-order valence-electron chi connectivity index (χ3n) is 3.68. The Morgan fingerprint density at radius 1 is 1.56 bits per heavy atom. The molecule has 1 saturated heterocycles. The van der Waals surface area contributed by atoms with Gasteiger partial charge in [0.2, 0.25) is 0 Å². The predicted octanol–water partition coefficient (Wildman–Crippen LogP) is 3.68. The molecule has 0 aromatic carbocycles. The van der Waals surface area contributed by atoms with Crippen molar-refractivity contribution in [1.82, 2.24) is 15.1 Å². The van der Waals surface area contributed by atoms with E-state index >= 15 is 0 Å². The predicted molar refractivity (Wildman–Crippen MR) is 78.6 cm³/mol. The minimum Gasteiger partial charge on any atom is -0.306 e. The summed E-state index contributed by atoms with van der Waals surface area (Å²) in [6.45, 7) is 8.93. The number of nitrogens with zero attached hydrogens (tertiary/aromatic N) is 2. The molecule has 1 aromatic rings. The van der Waals surface area contributed by atoms with Crippen molar-refractivity contribution in [3.8, 4) is 0 Å². The van der Waals surface area contributed by atoms with E-state index in [1.54, 1.807) is 0 Å². The maximum atomic E-state index is 4.53. The van der Waals surface area contributed by atoms with E-state index in [1.807, 2.05) is 6.20 Å². The quantitative estimate of drug-likeness (QED) is 0.898. The Labute approximate surface area is 118 Å². The van der Waals surface area contributed by atoms with Crippen LogP contribution >= 0.6 is 15.9 Å². The van der Waals surface area contributed by atoms with Crippen molar-refractivity contribution in [1.29, 1.82) is 0 Å². The summed E-state index contributed by atoms with van der Waals surface area (Å²) < 4.78 is 3.34. The van der Waals surface area contributed by atoms with E-state index in [0.717, 1.165) is 24.0 Å². The lowest BCUT2D eigenvalue weighted by Crippen LogP contribution is -2.40. The fourth-order valence-electron chi connectivity index (χ4n) is 3.20. The van der Waals surface area contributed by atoms with Crippen LogP contribution in [0.25, 0.3) is 0 Å². The molecule has 0 saturated carbocycles. The highest BCUT2D eigenvalue weighted by Gasteiger charge is 2.39. The van der Waals surface area contributed by atoms with Crippen molar-refractivity contribution in [3.05, 3.63) is 16.4 Å². The zero-order chi connectivity index (χ0) is 13.2. The molecule has 18 heavy (non-hydrogen) atoms. The average Bonchev–Trinajstić information content (AvgIpc) is 2.87. The second-order valence-electron chi connectivity index (χ2n) is 5.77. The van der Waals surface area contributed by atoms with Gasteiger partial charge in [-0.25, -0.2) is 0 Å². The van der Waals surface area contributed by atoms with Crippen LogP contribution in [0.4, 0.5) is 0 Å². The van der Waals surface area contributed by atoms with Gasteiger partial charge in [0.1, 0.15) is 0 Å². The van der Waals surface area contributed by atoms with E-state index in [9.17, 15) is 0 Å². The number of rotatable bonds is 5. The molecular weight excluding hydrogens is 290 g/mol. The minimum absolute atomic E-state index is 0.124. The van der Waals surface area contributed by atoms with Crippen LogP contribution in [-0.2, 0) is 12.1 Å². The molecule has 0 aliphatic carbocycles. The molecule has 1 fully saturated rings. The average molecular weight is 314 g/mol. The molecule has 3 nitrogen and oxygen atoms in total. The zero-order valence-electron chi connectivity index (χ0n) is 11.7. The molecule has 1 atom stereocenters. The Balaban J connectivity index is 2.38. The summed E-state index contributed by atoms with van der Waals surface area (Å²) >= 11 is 3.70. The Morgan fingerprint density at radius 3 is 2.89 bits per heavy atom. The van der Waals surface area contributed by atoms with Crippen molar-refractivity contribution in [3.63, 3.8) is 0 Å². The topological polar surface area (TPSA) is 29.9 Å². The Bertz CT molecular complexity index is 392. The lowest BCUT2D eigenvalue weighted by molar-refractivity contribution is 0.285. The summed E-state index contributed by atoms with van der Waals surface area (Å²) in [6.07, 6.45) is 6.74. The second kappa shape index (κ2) is 5.74. The normalized spacial score (nSPS) is 24.1. The van der Waals surface area contributed by atoms with E-state index in [1.165, 1.54) is 25.0 Å². The van der Waals surface area contributed by atoms with Crippen LogP contribution in [0.2, 0.25) is 0 Å². The van der Waals surface area contributed by atoms with Gasteiger partial charge >= 0.3 is 0 Å². The first-order valence-electron chi connectivity index (χ1n) is 7.06. The van der Waals surface area contributed by atoms with Crippen molar-refractivity contribution in [2.24, 2.45) is 5.92 Å². The highest BCUT2D eigenvalue weighted by atomic mass is 79.9. The monoisotopic (exact) mass is 313 g/mol. The molecule has 2 rings (SSSR count). The smallest absolute Gasteiger partial charge is 0.0727 e. The van der Waals surface area contributed by atoms with E-state index in [-0.39, 0.29) is 5.54 Å². The number of nitrogens with one attached hydrogen (secondary N) is 1. The van der Waals surface area contributed by atoms with Crippen molar-refractivity contribution < 1.29 is 0 Å². The lowest BCUT2D eigenvalue weighted by atomic mass is 9.84. The van der Waals surface area contributed by atoms with Gasteiger partial charge in [-0.15, -0.1) is 0 Å². The van der Waals surface area contributed by atoms with Crippen LogP contribution in [-0.4, -0.2) is 16.3 Å². The van der Waals surface area contributed by atoms with Gasteiger partial charge in [0.25, 0.3) is 0 Å². The Morgan fingerprint density at radius 2 is 2.33 bits per heavy atom. The SMILES string of the molecule is CCCn1ncc(Br)c1C1(CC(C)C)CCCN1. The van der Waals surface area contributed by atoms with Gasteiger partial charge in [0.15, 0.2) is 0 Å². The van der Waals surface area contributed by atoms with Crippen molar-refractivity contribution in [2.75, 3.05) is 6.54 Å². The molecule has 1 unspecified atom stereocenters. The van der Waals surface area contributed by atoms with Crippen LogP contribution in [0.15, 0.2) is 10.7 Å². The summed E-state index contributed by atoms with van der Waals surface area (Å²) in [6, 6.07) is 0. The first kappa shape index (κ1) is 14.1. The zero-order valence-corrected chi connectivity index (χ0v) is 13.3. The molecule has 0 radical (unpaired) electrons. The van der Waals surface area contributed by atoms with Crippen LogP contribution in [0.3, 0.4) is 0 Å². The van der Waals surface area contributed by atoms with Gasteiger partial charge in [0.05, 0.1) is 21.9 Å². The third-order valence-corrected chi connectivity index (χ3v) is 4.26. The van der Waals surface area contributed by atoms with Gasteiger partial charge in [-0.3, -0.25) is 4.68 Å². The van der Waals surface area contributed by atoms with Gasteiger partial charge in [-0.1, -0.05) is 20.8 Å². The molecule has 1 aromatic heterocycles. The summed E-state index contributed by atoms with van der Waals surface area (Å²) in [7, 11) is 0. The molecule has 1 N–H and O–H groups in total. The Kier molecular flexibility index (Phi) is 4.49. The first-order valence-corrected chi connectivity index (χ1v) is 7.85. The summed E-state index contributed by atoms with van der Waals surface area (Å²) in [5.74, 6) is 0.687. The standard InChI is InChI=1S/C14H24BrN3/c1-4-8-18-13(12(15)10-17-18)14(9-11(2)3)6-5-7-16-14/h10-11,16H,4-9H2,1-3H3. The van der Waals surface area contributed by atoms with Crippen LogP contribution in [0.5, 0.6) is 0 Å². The molecule has 4 heteroatoms. The summed E-state index contributed by atoms with van der Waals surface area (Å²) in [5.41, 5.74) is 1.48. The number of halogens is 1. The van der Waals surface area contributed by atoms with Crippen LogP contribution in [0.1, 0.15) is 52.1 Å². The van der Waals surface area contributed by atoms with Crippen molar-refractivity contribution >= 4 is 15.9 Å². The van der Waals surface area contributed by atoms with Crippen LogP contribution < -0.4 is 5.32 Å². The number of aryl methyl sites for hydroxylation is 1. The molecule has 1 aliphatic rings. The largest absolute Gasteiger partial charge is 0.306 e. The van der Waals surface area contributed by atoms with E-state index in [2.05, 4.69) is 51.8 Å². The second-order valence-corrected chi connectivity index (χ2v) is 6.63. The van der Waals surface area contributed by atoms with E-state index in [0.29, 0.717) is 5.92 Å². The number of aromatic nitrogens is 2. The van der Waals surface area contributed by atoms with Crippen molar-refractivity contribution in [2.45, 2.75) is 58.5 Å². The van der Waals surface area contributed by atoms with Crippen LogP contribution in [0, 0.1) is 5.92 Å². The molecule has 102 valence electrons. The maximum Gasteiger partial charge on any atom is 0.0727 e. The third kappa shape index (κ3) is 2.64. The molecule has 1 aliphatic heterocycles. The van der Waals surface area contributed by atoms with Gasteiger partial charge in [0, 0.05) is 6.54 Å². The molecular formula is C14H24BrN3. The van der Waals surface area contributed by atoms with Gasteiger partial charge in [-0.05, 0) is 54.1 Å². The fourth-order valence-corrected chi connectivity index (χ4v) is 3.87. The summed E-state index contributed by atoms with van der Waals surface area (Å²) in [5, 5.41) is 8.28. The molecule has 2 heterocycles. The number of hydrogen-bond donors (Lipinski definition) is 1. The number of hydrogen-bond acceptors (Lipinski definition) is 2. The summed E-state index contributed by atoms with van der Waals surface area (Å²) in [4.78, 5) is 0. The highest BCUT2D eigenvalue weighted by molar-refractivity contribution is 9.10. The highest BCUT2D eigenvalue weighted by Crippen LogP contribution is 2.40. The Hall–Kier alpha value is -0.350. The van der Waals surface area contributed by atoms with Gasteiger partial charge < -0.3 is 5.32 Å². The molecule has 0 spiro atoms. The first-order chi connectivity index (χ1) is 8.59. The van der Waals surface area contributed by atoms with E-state index < -0.39 is 0 Å². The fraction of sp³-hybridized carbons (Fsp3) is 0.786. The maximum absolute atomic E-state index is 4.53. The lowest BCUT2D eigenvalue weighted by Gasteiger charge is -2.32. The van der Waals surface area contributed by atoms with Gasteiger partial charge in [-0.2, -0.15) is 5.10 Å².